The van der Waals surface area contributed by atoms with Crippen LogP contribution in [0.15, 0.2) is 0 Å². The van der Waals surface area contributed by atoms with Gasteiger partial charge < -0.3 is 9.64 Å². The lowest BCUT2D eigenvalue weighted by atomic mass is 10.3. The molecular weight excluding hydrogens is 192 g/mol. The number of ether oxygens (including phenoxy) is 1. The standard InChI is InChI=1S/C11H18N2O2/c1-3-5-12-7-9-13(10-8-12)6-4-11(14)15-2/h1H,4-10H2,2H3. The monoisotopic (exact) mass is 210 g/mol. The van der Waals surface area contributed by atoms with Crippen molar-refractivity contribution in [3.05, 3.63) is 0 Å². The van der Waals surface area contributed by atoms with Gasteiger partial charge in [0.15, 0.2) is 0 Å². The van der Waals surface area contributed by atoms with Crippen molar-refractivity contribution in [3.8, 4) is 12.3 Å². The van der Waals surface area contributed by atoms with Crippen LogP contribution in [0.25, 0.3) is 0 Å². The van der Waals surface area contributed by atoms with Crippen molar-refractivity contribution in [1.82, 2.24) is 9.80 Å². The third kappa shape index (κ3) is 4.32. The molecule has 4 heteroatoms. The fourth-order valence-electron chi connectivity index (χ4n) is 1.65. The molecule has 84 valence electrons. The summed E-state index contributed by atoms with van der Waals surface area (Å²) in [7, 11) is 1.42. The Morgan fingerprint density at radius 1 is 1.33 bits per heavy atom. The van der Waals surface area contributed by atoms with Crippen molar-refractivity contribution in [2.24, 2.45) is 0 Å². The minimum absolute atomic E-state index is 0.138. The quantitative estimate of drug-likeness (QED) is 0.475. The average Bonchev–Trinajstić information content (AvgIpc) is 2.28. The minimum Gasteiger partial charge on any atom is -0.469 e. The van der Waals surface area contributed by atoms with E-state index in [1.165, 1.54) is 7.11 Å². The second-order valence-electron chi connectivity index (χ2n) is 3.65. The molecule has 0 bridgehead atoms. The molecule has 1 heterocycles. The largest absolute Gasteiger partial charge is 0.469 e. The Bertz CT molecular complexity index is 239. The van der Waals surface area contributed by atoms with Crippen molar-refractivity contribution >= 4 is 5.97 Å². The molecule has 0 spiro atoms. The van der Waals surface area contributed by atoms with E-state index in [9.17, 15) is 4.79 Å². The molecule has 1 aliphatic rings. The molecule has 0 atom stereocenters. The number of carbonyl (C=O) groups is 1. The zero-order valence-corrected chi connectivity index (χ0v) is 9.24. The fourth-order valence-corrected chi connectivity index (χ4v) is 1.65. The molecule has 0 unspecified atom stereocenters. The summed E-state index contributed by atoms with van der Waals surface area (Å²) in [6.07, 6.45) is 5.72. The first-order chi connectivity index (χ1) is 7.26. The van der Waals surface area contributed by atoms with Gasteiger partial charge in [0.1, 0.15) is 0 Å². The van der Waals surface area contributed by atoms with Crippen LogP contribution in [0.5, 0.6) is 0 Å². The van der Waals surface area contributed by atoms with Crippen molar-refractivity contribution < 1.29 is 9.53 Å². The first-order valence-electron chi connectivity index (χ1n) is 5.21. The van der Waals surface area contributed by atoms with E-state index in [2.05, 4.69) is 20.5 Å². The third-order valence-electron chi connectivity index (χ3n) is 2.64. The van der Waals surface area contributed by atoms with Crippen LogP contribution in [-0.4, -0.2) is 62.1 Å². The summed E-state index contributed by atoms with van der Waals surface area (Å²) in [4.78, 5) is 15.4. The Morgan fingerprint density at radius 2 is 1.93 bits per heavy atom. The Kier molecular flexibility index (Phi) is 5.16. The molecule has 0 aliphatic carbocycles. The molecule has 0 aromatic carbocycles. The normalized spacial score (nSPS) is 18.4. The van der Waals surface area contributed by atoms with Gasteiger partial charge in [-0.1, -0.05) is 5.92 Å². The summed E-state index contributed by atoms with van der Waals surface area (Å²) < 4.78 is 4.60. The molecule has 1 aliphatic heterocycles. The molecule has 0 saturated carbocycles. The average molecular weight is 210 g/mol. The van der Waals surface area contributed by atoms with Gasteiger partial charge in [0.2, 0.25) is 0 Å². The molecule has 0 radical (unpaired) electrons. The Morgan fingerprint density at radius 3 is 2.47 bits per heavy atom. The lowest BCUT2D eigenvalue weighted by molar-refractivity contribution is -0.141. The van der Waals surface area contributed by atoms with E-state index in [-0.39, 0.29) is 5.97 Å². The van der Waals surface area contributed by atoms with E-state index >= 15 is 0 Å². The summed E-state index contributed by atoms with van der Waals surface area (Å²) in [5, 5.41) is 0. The number of carbonyl (C=O) groups excluding carboxylic acids is 1. The highest BCUT2D eigenvalue weighted by Crippen LogP contribution is 2.02. The second kappa shape index (κ2) is 6.44. The summed E-state index contributed by atoms with van der Waals surface area (Å²) in [6, 6.07) is 0. The predicted molar refractivity (Wildman–Crippen MR) is 58.3 cm³/mol. The maximum Gasteiger partial charge on any atom is 0.306 e. The van der Waals surface area contributed by atoms with E-state index in [0.29, 0.717) is 6.42 Å². The van der Waals surface area contributed by atoms with Crippen molar-refractivity contribution in [1.29, 1.82) is 0 Å². The minimum atomic E-state index is -0.138. The van der Waals surface area contributed by atoms with E-state index in [1.807, 2.05) is 0 Å². The second-order valence-corrected chi connectivity index (χ2v) is 3.65. The van der Waals surface area contributed by atoms with Crippen molar-refractivity contribution in [2.45, 2.75) is 6.42 Å². The summed E-state index contributed by atoms with van der Waals surface area (Å²) in [6.45, 7) is 5.47. The zero-order valence-electron chi connectivity index (χ0n) is 9.24. The number of terminal acetylenes is 1. The maximum atomic E-state index is 10.9. The molecule has 1 saturated heterocycles. The number of hydrogen-bond donors (Lipinski definition) is 0. The smallest absolute Gasteiger partial charge is 0.306 e. The SMILES string of the molecule is C#CCN1CCN(CCC(=O)OC)CC1. The number of methoxy groups -OCH3 is 1. The number of hydrogen-bond acceptors (Lipinski definition) is 4. The third-order valence-corrected chi connectivity index (χ3v) is 2.64. The molecule has 4 nitrogen and oxygen atoms in total. The van der Waals surface area contributed by atoms with E-state index in [0.717, 1.165) is 39.3 Å². The summed E-state index contributed by atoms with van der Waals surface area (Å²) >= 11 is 0. The van der Waals surface area contributed by atoms with Crippen molar-refractivity contribution in [2.75, 3.05) is 46.4 Å². The van der Waals surface area contributed by atoms with Crippen LogP contribution in [0.1, 0.15) is 6.42 Å². The fraction of sp³-hybridized carbons (Fsp3) is 0.727. The number of piperazine rings is 1. The number of rotatable bonds is 4. The zero-order chi connectivity index (χ0) is 11.1. The molecule has 1 fully saturated rings. The Labute approximate surface area is 91.2 Å². The maximum absolute atomic E-state index is 10.9. The van der Waals surface area contributed by atoms with Gasteiger partial charge >= 0.3 is 5.97 Å². The van der Waals surface area contributed by atoms with E-state index < -0.39 is 0 Å². The molecule has 0 amide bonds. The van der Waals surface area contributed by atoms with Gasteiger partial charge in [-0.05, 0) is 0 Å². The van der Waals surface area contributed by atoms with Gasteiger partial charge in [-0.15, -0.1) is 6.42 Å². The number of nitrogens with zero attached hydrogens (tertiary/aromatic N) is 2. The van der Waals surface area contributed by atoms with Crippen molar-refractivity contribution in [3.63, 3.8) is 0 Å². The summed E-state index contributed by atoms with van der Waals surface area (Å²) in [5.74, 6) is 2.51. The van der Waals surface area contributed by atoms with E-state index in [4.69, 9.17) is 6.42 Å². The Hall–Kier alpha value is -1.05. The van der Waals surface area contributed by atoms with Crippen LogP contribution in [0.2, 0.25) is 0 Å². The molecule has 0 aromatic heterocycles. The van der Waals surface area contributed by atoms with Gasteiger partial charge in [-0.3, -0.25) is 9.69 Å². The highest BCUT2D eigenvalue weighted by molar-refractivity contribution is 5.69. The highest BCUT2D eigenvalue weighted by atomic mass is 16.5. The molecule has 0 N–H and O–H groups in total. The van der Waals surface area contributed by atoms with Gasteiger partial charge in [0, 0.05) is 32.7 Å². The van der Waals surface area contributed by atoms with Crippen LogP contribution < -0.4 is 0 Å². The van der Waals surface area contributed by atoms with Gasteiger partial charge in [0.25, 0.3) is 0 Å². The first-order valence-corrected chi connectivity index (χ1v) is 5.21. The highest BCUT2D eigenvalue weighted by Gasteiger charge is 2.16. The van der Waals surface area contributed by atoms with Crippen LogP contribution in [0, 0.1) is 12.3 Å². The van der Waals surface area contributed by atoms with Gasteiger partial charge in [0.05, 0.1) is 20.1 Å². The topological polar surface area (TPSA) is 32.8 Å². The molecule has 1 rings (SSSR count). The predicted octanol–water partition coefficient (Wildman–Crippen LogP) is -0.200. The van der Waals surface area contributed by atoms with Crippen LogP contribution in [-0.2, 0) is 9.53 Å². The first kappa shape index (κ1) is 12.0. The number of esters is 1. The molecule has 15 heavy (non-hydrogen) atoms. The van der Waals surface area contributed by atoms with Gasteiger partial charge in [-0.2, -0.15) is 0 Å². The van der Waals surface area contributed by atoms with Crippen LogP contribution >= 0.6 is 0 Å². The van der Waals surface area contributed by atoms with Crippen LogP contribution in [0.3, 0.4) is 0 Å². The Balaban J connectivity index is 2.15. The van der Waals surface area contributed by atoms with Gasteiger partial charge in [-0.25, -0.2) is 0 Å². The lowest BCUT2D eigenvalue weighted by Crippen LogP contribution is -2.46. The lowest BCUT2D eigenvalue weighted by Gasteiger charge is -2.33. The summed E-state index contributed by atoms with van der Waals surface area (Å²) in [5.41, 5.74) is 0. The van der Waals surface area contributed by atoms with E-state index in [1.54, 1.807) is 0 Å². The molecular formula is C11H18N2O2. The molecule has 0 aromatic rings. The van der Waals surface area contributed by atoms with Crippen LogP contribution in [0.4, 0.5) is 0 Å².